The minimum absolute atomic E-state index is 0.141. The van der Waals surface area contributed by atoms with Crippen molar-refractivity contribution in [3.05, 3.63) is 22.8 Å². The first-order chi connectivity index (χ1) is 9.10. The standard InChI is InChI=1S/C13H19N3O2S/c1-4-9-5-6-11(19-9)13-15-12(16-18-13)10(14)7-17-8(2)3/h5-6,8,10H,4,7,14H2,1-3H3. The fourth-order valence-electron chi connectivity index (χ4n) is 1.54. The van der Waals surface area contributed by atoms with Gasteiger partial charge in [0.15, 0.2) is 5.82 Å². The number of nitrogens with two attached hydrogens (primary N) is 1. The molecule has 2 aromatic rings. The molecular weight excluding hydrogens is 262 g/mol. The molecule has 0 fully saturated rings. The maximum absolute atomic E-state index is 5.96. The van der Waals surface area contributed by atoms with Crippen molar-refractivity contribution in [3.8, 4) is 10.8 Å². The average molecular weight is 281 g/mol. The molecule has 0 radical (unpaired) electrons. The van der Waals surface area contributed by atoms with E-state index >= 15 is 0 Å². The molecule has 0 bridgehead atoms. The van der Waals surface area contributed by atoms with Gasteiger partial charge in [0.05, 0.1) is 23.6 Å². The van der Waals surface area contributed by atoms with Crippen molar-refractivity contribution in [2.75, 3.05) is 6.61 Å². The van der Waals surface area contributed by atoms with Gasteiger partial charge >= 0.3 is 0 Å². The van der Waals surface area contributed by atoms with Crippen molar-refractivity contribution in [3.63, 3.8) is 0 Å². The zero-order valence-corrected chi connectivity index (χ0v) is 12.2. The number of hydrogen-bond donors (Lipinski definition) is 1. The molecule has 0 aliphatic carbocycles. The number of nitrogens with zero attached hydrogens (tertiary/aromatic N) is 2. The molecule has 0 saturated carbocycles. The number of aryl methyl sites for hydroxylation is 1. The van der Waals surface area contributed by atoms with Gasteiger partial charge < -0.3 is 15.0 Å². The molecule has 0 amide bonds. The van der Waals surface area contributed by atoms with Crippen LogP contribution >= 0.6 is 11.3 Å². The molecule has 2 rings (SSSR count). The summed E-state index contributed by atoms with van der Waals surface area (Å²) in [7, 11) is 0. The Morgan fingerprint density at radius 3 is 2.84 bits per heavy atom. The minimum Gasteiger partial charge on any atom is -0.377 e. The Balaban J connectivity index is 2.05. The van der Waals surface area contributed by atoms with E-state index in [9.17, 15) is 0 Å². The molecular formula is C13H19N3O2S. The van der Waals surface area contributed by atoms with Crippen LogP contribution in [0.2, 0.25) is 0 Å². The van der Waals surface area contributed by atoms with Crippen LogP contribution in [0.25, 0.3) is 10.8 Å². The van der Waals surface area contributed by atoms with Crippen molar-refractivity contribution in [2.24, 2.45) is 5.73 Å². The Morgan fingerprint density at radius 1 is 1.42 bits per heavy atom. The van der Waals surface area contributed by atoms with Crippen molar-refractivity contribution < 1.29 is 9.26 Å². The van der Waals surface area contributed by atoms with Crippen molar-refractivity contribution in [1.29, 1.82) is 0 Å². The lowest BCUT2D eigenvalue weighted by Crippen LogP contribution is -2.20. The Morgan fingerprint density at radius 2 is 2.21 bits per heavy atom. The van der Waals surface area contributed by atoms with Gasteiger partial charge in [-0.15, -0.1) is 11.3 Å². The highest BCUT2D eigenvalue weighted by atomic mass is 32.1. The van der Waals surface area contributed by atoms with Crippen molar-refractivity contribution in [1.82, 2.24) is 10.1 Å². The zero-order chi connectivity index (χ0) is 13.8. The molecule has 0 aliphatic rings. The molecule has 2 heterocycles. The largest absolute Gasteiger partial charge is 0.377 e. The lowest BCUT2D eigenvalue weighted by atomic mass is 10.3. The van der Waals surface area contributed by atoms with Gasteiger partial charge in [-0.2, -0.15) is 4.98 Å². The van der Waals surface area contributed by atoms with E-state index < -0.39 is 0 Å². The lowest BCUT2D eigenvalue weighted by Gasteiger charge is -2.10. The zero-order valence-electron chi connectivity index (χ0n) is 11.4. The molecule has 0 spiro atoms. The second-order valence-corrected chi connectivity index (χ2v) is 5.73. The maximum atomic E-state index is 5.96. The van der Waals surface area contributed by atoms with E-state index in [0.717, 1.165) is 11.3 Å². The summed E-state index contributed by atoms with van der Waals surface area (Å²) in [4.78, 5) is 6.61. The van der Waals surface area contributed by atoms with E-state index in [1.807, 2.05) is 19.9 Å². The molecule has 0 aliphatic heterocycles. The van der Waals surface area contributed by atoms with Crippen LogP contribution in [-0.2, 0) is 11.2 Å². The Hall–Kier alpha value is -1.24. The highest BCUT2D eigenvalue weighted by Crippen LogP contribution is 2.27. The molecule has 0 saturated heterocycles. The molecule has 6 heteroatoms. The van der Waals surface area contributed by atoms with Crippen LogP contribution in [0.1, 0.15) is 37.5 Å². The quantitative estimate of drug-likeness (QED) is 0.881. The monoisotopic (exact) mass is 281 g/mol. The third-order valence-corrected chi connectivity index (χ3v) is 3.82. The first-order valence-corrected chi connectivity index (χ1v) is 7.21. The summed E-state index contributed by atoms with van der Waals surface area (Å²) in [5.74, 6) is 1.02. The molecule has 5 nitrogen and oxygen atoms in total. The van der Waals surface area contributed by atoms with E-state index in [-0.39, 0.29) is 12.1 Å². The predicted molar refractivity (Wildman–Crippen MR) is 75.0 cm³/mol. The second kappa shape index (κ2) is 6.27. The fraction of sp³-hybridized carbons (Fsp3) is 0.538. The highest BCUT2D eigenvalue weighted by Gasteiger charge is 2.17. The van der Waals surface area contributed by atoms with E-state index in [4.69, 9.17) is 15.0 Å². The average Bonchev–Trinajstić information content (AvgIpc) is 3.03. The highest BCUT2D eigenvalue weighted by molar-refractivity contribution is 7.15. The van der Waals surface area contributed by atoms with Gasteiger partial charge in [0.1, 0.15) is 0 Å². The first kappa shape index (κ1) is 14.2. The summed E-state index contributed by atoms with van der Waals surface area (Å²) in [5.41, 5.74) is 5.96. The topological polar surface area (TPSA) is 74.2 Å². The van der Waals surface area contributed by atoms with E-state index in [2.05, 4.69) is 23.1 Å². The van der Waals surface area contributed by atoms with Gasteiger partial charge in [0.25, 0.3) is 5.89 Å². The third kappa shape index (κ3) is 3.62. The smallest absolute Gasteiger partial charge is 0.268 e. The number of rotatable bonds is 6. The Bertz CT molecular complexity index is 521. The van der Waals surface area contributed by atoms with Gasteiger partial charge in [-0.25, -0.2) is 0 Å². The lowest BCUT2D eigenvalue weighted by molar-refractivity contribution is 0.0665. The molecule has 1 unspecified atom stereocenters. The number of aromatic nitrogens is 2. The van der Waals surface area contributed by atoms with Crippen LogP contribution in [0, 0.1) is 0 Å². The summed E-state index contributed by atoms with van der Waals surface area (Å²) in [6, 6.07) is 3.72. The van der Waals surface area contributed by atoms with Crippen LogP contribution in [0.5, 0.6) is 0 Å². The fourth-order valence-corrected chi connectivity index (χ4v) is 2.41. The number of thiophene rings is 1. The van der Waals surface area contributed by atoms with Gasteiger partial charge in [0, 0.05) is 4.88 Å². The van der Waals surface area contributed by atoms with Gasteiger partial charge in [-0.05, 0) is 32.4 Å². The number of ether oxygens (including phenoxy) is 1. The third-order valence-electron chi connectivity index (χ3n) is 2.60. The summed E-state index contributed by atoms with van der Waals surface area (Å²) in [6.07, 6.45) is 1.15. The Labute approximate surface area is 116 Å². The summed E-state index contributed by atoms with van der Waals surface area (Å²) >= 11 is 1.66. The predicted octanol–water partition coefficient (Wildman–Crippen LogP) is 2.79. The Kier molecular flexibility index (Phi) is 4.68. The van der Waals surface area contributed by atoms with Crippen LogP contribution in [0.15, 0.2) is 16.7 Å². The van der Waals surface area contributed by atoms with Crippen LogP contribution in [0.4, 0.5) is 0 Å². The number of hydrogen-bond acceptors (Lipinski definition) is 6. The summed E-state index contributed by atoms with van der Waals surface area (Å²) in [5, 5.41) is 3.92. The molecule has 0 aromatic carbocycles. The normalized spacial score (nSPS) is 13.1. The molecule has 1 atom stereocenters. The van der Waals surface area contributed by atoms with Gasteiger partial charge in [0.2, 0.25) is 0 Å². The van der Waals surface area contributed by atoms with Gasteiger partial charge in [-0.1, -0.05) is 12.1 Å². The second-order valence-electron chi connectivity index (χ2n) is 4.57. The van der Waals surface area contributed by atoms with Crippen molar-refractivity contribution in [2.45, 2.75) is 39.3 Å². The molecule has 2 N–H and O–H groups in total. The van der Waals surface area contributed by atoms with Crippen LogP contribution in [0.3, 0.4) is 0 Å². The van der Waals surface area contributed by atoms with E-state index in [0.29, 0.717) is 18.3 Å². The maximum Gasteiger partial charge on any atom is 0.268 e. The molecule has 19 heavy (non-hydrogen) atoms. The molecule has 104 valence electrons. The van der Waals surface area contributed by atoms with Crippen molar-refractivity contribution >= 4 is 11.3 Å². The van der Waals surface area contributed by atoms with Crippen LogP contribution in [-0.4, -0.2) is 22.9 Å². The van der Waals surface area contributed by atoms with E-state index in [1.54, 1.807) is 11.3 Å². The summed E-state index contributed by atoms with van der Waals surface area (Å²) in [6.45, 7) is 6.44. The SMILES string of the molecule is CCc1ccc(-c2nc(C(N)COC(C)C)no2)s1. The summed E-state index contributed by atoms with van der Waals surface area (Å²) < 4.78 is 10.7. The van der Waals surface area contributed by atoms with E-state index in [1.165, 1.54) is 4.88 Å². The first-order valence-electron chi connectivity index (χ1n) is 6.40. The minimum atomic E-state index is -0.356. The van der Waals surface area contributed by atoms with Crippen LogP contribution < -0.4 is 5.73 Å². The van der Waals surface area contributed by atoms with Gasteiger partial charge in [-0.3, -0.25) is 0 Å². The molecule has 2 aromatic heterocycles.